The predicted octanol–water partition coefficient (Wildman–Crippen LogP) is 3.56. The third-order valence-electron chi connectivity index (χ3n) is 2.49. The Bertz CT molecular complexity index is 492. The third-order valence-corrected chi connectivity index (χ3v) is 2.49. The summed E-state index contributed by atoms with van der Waals surface area (Å²) in [6.07, 6.45) is 0. The summed E-state index contributed by atoms with van der Waals surface area (Å²) in [6, 6.07) is 16.8. The average Bonchev–Trinajstić information content (AvgIpc) is 2.40. The van der Waals surface area contributed by atoms with Gasteiger partial charge in [0.2, 0.25) is 0 Å². The van der Waals surface area contributed by atoms with Crippen LogP contribution < -0.4 is 9.47 Å². The molecule has 0 N–H and O–H groups in total. The molecule has 0 aliphatic carbocycles. The molecule has 2 aromatic carbocycles. The highest BCUT2D eigenvalue weighted by molar-refractivity contribution is 5.70. The Hall–Kier alpha value is -1.96. The van der Waals surface area contributed by atoms with Crippen LogP contribution in [0.4, 0.5) is 0 Å². The first-order valence-electron chi connectivity index (χ1n) is 5.63. The van der Waals surface area contributed by atoms with Gasteiger partial charge < -0.3 is 9.47 Å². The van der Waals surface area contributed by atoms with E-state index in [1.807, 2.05) is 49.4 Å². The Morgan fingerprint density at radius 1 is 1.18 bits per heavy atom. The fourth-order valence-electron chi connectivity index (χ4n) is 1.70. The Labute approximate surface area is 102 Å². The molecule has 0 saturated heterocycles. The maximum atomic E-state index is 5.60. The number of hydrogen-bond acceptors (Lipinski definition) is 2. The zero-order valence-electron chi connectivity index (χ0n) is 10.1. The van der Waals surface area contributed by atoms with Gasteiger partial charge in [-0.2, -0.15) is 0 Å². The SMILES string of the molecule is CCOc1ccccc1-c1[c]ccc(OC)c1. The Morgan fingerprint density at radius 3 is 2.76 bits per heavy atom. The van der Waals surface area contributed by atoms with E-state index in [4.69, 9.17) is 9.47 Å². The molecule has 0 saturated carbocycles. The molecule has 0 aliphatic rings. The number of para-hydroxylation sites is 1. The van der Waals surface area contributed by atoms with Gasteiger partial charge in [-0.15, -0.1) is 0 Å². The molecule has 0 aromatic heterocycles. The lowest BCUT2D eigenvalue weighted by molar-refractivity contribution is 0.341. The number of rotatable bonds is 4. The molecule has 2 heteroatoms. The monoisotopic (exact) mass is 227 g/mol. The minimum Gasteiger partial charge on any atom is -0.497 e. The molecule has 2 rings (SSSR count). The molecule has 0 heterocycles. The van der Waals surface area contributed by atoms with Crippen LogP contribution in [0.3, 0.4) is 0 Å². The van der Waals surface area contributed by atoms with E-state index in [2.05, 4.69) is 6.07 Å². The Morgan fingerprint density at radius 2 is 2.00 bits per heavy atom. The fourth-order valence-corrected chi connectivity index (χ4v) is 1.70. The zero-order chi connectivity index (χ0) is 12.1. The summed E-state index contributed by atoms with van der Waals surface area (Å²) in [5.41, 5.74) is 2.02. The van der Waals surface area contributed by atoms with Crippen molar-refractivity contribution in [1.82, 2.24) is 0 Å². The molecule has 0 bridgehead atoms. The summed E-state index contributed by atoms with van der Waals surface area (Å²) in [5.74, 6) is 1.70. The molecule has 0 aliphatic heterocycles. The van der Waals surface area contributed by atoms with Crippen LogP contribution in [0.1, 0.15) is 6.92 Å². The van der Waals surface area contributed by atoms with Gasteiger partial charge in [0.05, 0.1) is 13.7 Å². The minimum absolute atomic E-state index is 0.654. The lowest BCUT2D eigenvalue weighted by Crippen LogP contribution is -1.94. The van der Waals surface area contributed by atoms with Gasteiger partial charge >= 0.3 is 0 Å². The molecule has 17 heavy (non-hydrogen) atoms. The van der Waals surface area contributed by atoms with Crippen molar-refractivity contribution >= 4 is 0 Å². The first-order chi connectivity index (χ1) is 8.35. The molecule has 0 spiro atoms. The van der Waals surface area contributed by atoms with Crippen LogP contribution in [0, 0.1) is 6.07 Å². The summed E-state index contributed by atoms with van der Waals surface area (Å²) in [6.45, 7) is 2.63. The summed E-state index contributed by atoms with van der Waals surface area (Å²) in [5, 5.41) is 0. The van der Waals surface area contributed by atoms with E-state index in [0.717, 1.165) is 22.6 Å². The van der Waals surface area contributed by atoms with E-state index < -0.39 is 0 Å². The van der Waals surface area contributed by atoms with Crippen LogP contribution in [-0.4, -0.2) is 13.7 Å². The number of hydrogen-bond donors (Lipinski definition) is 0. The lowest BCUT2D eigenvalue weighted by Gasteiger charge is -2.10. The maximum Gasteiger partial charge on any atom is 0.127 e. The fraction of sp³-hybridized carbons (Fsp3) is 0.200. The molecule has 0 atom stereocenters. The van der Waals surface area contributed by atoms with Crippen LogP contribution in [0.5, 0.6) is 11.5 Å². The standard InChI is InChI=1S/C15H15O2/c1-3-17-15-10-5-4-9-14(15)12-7-6-8-13(11-12)16-2/h4-6,8-11H,3H2,1-2H3. The Balaban J connectivity index is 2.44. The first kappa shape index (κ1) is 11.5. The largest absolute Gasteiger partial charge is 0.497 e. The molecule has 0 amide bonds. The average molecular weight is 227 g/mol. The highest BCUT2D eigenvalue weighted by atomic mass is 16.5. The smallest absolute Gasteiger partial charge is 0.127 e. The van der Waals surface area contributed by atoms with Gasteiger partial charge in [-0.3, -0.25) is 0 Å². The summed E-state index contributed by atoms with van der Waals surface area (Å²) in [7, 11) is 1.66. The second-order valence-electron chi connectivity index (χ2n) is 3.57. The van der Waals surface area contributed by atoms with E-state index in [9.17, 15) is 0 Å². The molecular weight excluding hydrogens is 212 g/mol. The lowest BCUT2D eigenvalue weighted by atomic mass is 10.0. The van der Waals surface area contributed by atoms with Gasteiger partial charge in [0, 0.05) is 5.56 Å². The number of ether oxygens (including phenoxy) is 2. The minimum atomic E-state index is 0.654. The predicted molar refractivity (Wildman–Crippen MR) is 68.4 cm³/mol. The van der Waals surface area contributed by atoms with Crippen LogP contribution in [-0.2, 0) is 0 Å². The van der Waals surface area contributed by atoms with E-state index >= 15 is 0 Å². The number of benzene rings is 2. The van der Waals surface area contributed by atoms with Crippen molar-refractivity contribution in [1.29, 1.82) is 0 Å². The third kappa shape index (κ3) is 2.59. The highest BCUT2D eigenvalue weighted by Crippen LogP contribution is 2.31. The van der Waals surface area contributed by atoms with Gasteiger partial charge in [-0.1, -0.05) is 24.3 Å². The molecule has 2 nitrogen and oxygen atoms in total. The summed E-state index contributed by atoms with van der Waals surface area (Å²) < 4.78 is 10.8. The van der Waals surface area contributed by atoms with Crippen LogP contribution >= 0.6 is 0 Å². The second kappa shape index (κ2) is 5.39. The molecule has 2 aromatic rings. The van der Waals surface area contributed by atoms with Gasteiger partial charge in [0.1, 0.15) is 11.5 Å². The van der Waals surface area contributed by atoms with Gasteiger partial charge in [-0.25, -0.2) is 0 Å². The summed E-state index contributed by atoms with van der Waals surface area (Å²) in [4.78, 5) is 0. The van der Waals surface area contributed by atoms with Crippen LogP contribution in [0.2, 0.25) is 0 Å². The quantitative estimate of drug-likeness (QED) is 0.795. The van der Waals surface area contributed by atoms with Crippen molar-refractivity contribution < 1.29 is 9.47 Å². The zero-order valence-corrected chi connectivity index (χ0v) is 10.1. The van der Waals surface area contributed by atoms with Gasteiger partial charge in [0.15, 0.2) is 0 Å². The van der Waals surface area contributed by atoms with E-state index in [1.54, 1.807) is 7.11 Å². The van der Waals surface area contributed by atoms with Crippen molar-refractivity contribution in [2.75, 3.05) is 13.7 Å². The number of methoxy groups -OCH3 is 1. The van der Waals surface area contributed by atoms with Gasteiger partial charge in [0.25, 0.3) is 0 Å². The maximum absolute atomic E-state index is 5.60. The summed E-state index contributed by atoms with van der Waals surface area (Å²) >= 11 is 0. The van der Waals surface area contributed by atoms with Crippen LogP contribution in [0.25, 0.3) is 11.1 Å². The molecule has 0 fully saturated rings. The van der Waals surface area contributed by atoms with E-state index in [-0.39, 0.29) is 0 Å². The molecule has 87 valence electrons. The van der Waals surface area contributed by atoms with Crippen molar-refractivity contribution in [3.63, 3.8) is 0 Å². The second-order valence-corrected chi connectivity index (χ2v) is 3.57. The van der Waals surface area contributed by atoms with Crippen LogP contribution in [0.15, 0.2) is 42.5 Å². The first-order valence-corrected chi connectivity index (χ1v) is 5.63. The topological polar surface area (TPSA) is 18.5 Å². The normalized spacial score (nSPS) is 10.0. The van der Waals surface area contributed by atoms with Crippen molar-refractivity contribution in [2.24, 2.45) is 0 Å². The molecule has 0 unspecified atom stereocenters. The van der Waals surface area contributed by atoms with Crippen molar-refractivity contribution in [3.8, 4) is 22.6 Å². The van der Waals surface area contributed by atoms with E-state index in [0.29, 0.717) is 6.61 Å². The van der Waals surface area contributed by atoms with Crippen molar-refractivity contribution in [2.45, 2.75) is 6.92 Å². The van der Waals surface area contributed by atoms with Gasteiger partial charge in [-0.05, 0) is 36.8 Å². The van der Waals surface area contributed by atoms with E-state index in [1.165, 1.54) is 0 Å². The molecule has 1 radical (unpaired) electrons. The Kier molecular flexibility index (Phi) is 3.66. The van der Waals surface area contributed by atoms with Crippen molar-refractivity contribution in [3.05, 3.63) is 48.5 Å². The molecular formula is C15H15O2. The highest BCUT2D eigenvalue weighted by Gasteiger charge is 2.06.